The molecule has 0 radical (unpaired) electrons. The number of nitrogens with zero attached hydrogens (tertiary/aromatic N) is 1. The van der Waals surface area contributed by atoms with Crippen molar-refractivity contribution in [1.82, 2.24) is 4.98 Å². The van der Waals surface area contributed by atoms with Gasteiger partial charge in [-0.1, -0.05) is 27.5 Å². The molecule has 80 valence electrons. The summed E-state index contributed by atoms with van der Waals surface area (Å²) in [6.45, 7) is 1.37. The van der Waals surface area contributed by atoms with E-state index in [1.165, 1.54) is 19.1 Å². The largest absolute Gasteiger partial charge is 0.311 e. The zero-order valence-corrected chi connectivity index (χ0v) is 10.2. The van der Waals surface area contributed by atoms with Crippen LogP contribution in [0.5, 0.6) is 0 Å². The van der Waals surface area contributed by atoms with E-state index in [1.807, 2.05) is 0 Å². The third-order valence-electron chi connectivity index (χ3n) is 1.57. The van der Waals surface area contributed by atoms with Gasteiger partial charge in [0.1, 0.15) is 11.0 Å². The van der Waals surface area contributed by atoms with Gasteiger partial charge in [0.15, 0.2) is 5.78 Å². The molecule has 0 spiro atoms. The molecule has 1 aromatic rings. The molecule has 0 saturated carbocycles. The van der Waals surface area contributed by atoms with Crippen LogP contribution in [-0.4, -0.2) is 22.0 Å². The molecule has 0 aliphatic rings. The van der Waals surface area contributed by atoms with Crippen molar-refractivity contribution < 1.29 is 9.59 Å². The molecule has 0 bridgehead atoms. The number of aromatic nitrogens is 1. The summed E-state index contributed by atoms with van der Waals surface area (Å²) < 4.78 is 0. The van der Waals surface area contributed by atoms with Gasteiger partial charge in [-0.3, -0.25) is 9.59 Å². The first kappa shape index (κ1) is 12.1. The second-order valence-corrected chi connectivity index (χ2v) is 3.69. The zero-order valence-electron chi connectivity index (χ0n) is 7.88. The van der Waals surface area contributed by atoms with Gasteiger partial charge in [-0.05, 0) is 12.1 Å². The Bertz CT molecular complexity index is 409. The Hall–Kier alpha value is -0.940. The summed E-state index contributed by atoms with van der Waals surface area (Å²) in [5.74, 6) is -0.0568. The lowest BCUT2D eigenvalue weighted by molar-refractivity contribution is -0.114. The quantitative estimate of drug-likeness (QED) is 0.528. The van der Waals surface area contributed by atoms with Crippen LogP contribution < -0.4 is 5.32 Å². The fourth-order valence-corrected chi connectivity index (χ4v) is 1.53. The second kappa shape index (κ2) is 5.23. The number of rotatable bonds is 3. The Morgan fingerprint density at radius 1 is 1.53 bits per heavy atom. The minimum absolute atomic E-state index is 0.0886. The third-order valence-corrected chi connectivity index (χ3v) is 2.37. The fourth-order valence-electron chi connectivity index (χ4n) is 0.964. The number of hydrogen-bond donors (Lipinski definition) is 1. The Kier molecular flexibility index (Phi) is 4.23. The molecular weight excluding hydrogens is 283 g/mol. The maximum absolute atomic E-state index is 11.3. The molecule has 1 heterocycles. The van der Waals surface area contributed by atoms with Crippen LogP contribution in [-0.2, 0) is 4.79 Å². The molecule has 1 amide bonds. The number of carbonyl (C=O) groups excluding carboxylic acids is 2. The molecule has 1 aromatic heterocycles. The van der Waals surface area contributed by atoms with Gasteiger partial charge in [0.2, 0.25) is 5.91 Å². The summed E-state index contributed by atoms with van der Waals surface area (Å²) in [4.78, 5) is 25.9. The monoisotopic (exact) mass is 290 g/mol. The van der Waals surface area contributed by atoms with Crippen LogP contribution in [0.4, 0.5) is 5.82 Å². The molecule has 1 rings (SSSR count). The van der Waals surface area contributed by atoms with Gasteiger partial charge in [0, 0.05) is 6.92 Å². The van der Waals surface area contributed by atoms with Crippen LogP contribution in [0.15, 0.2) is 12.1 Å². The van der Waals surface area contributed by atoms with E-state index in [4.69, 9.17) is 11.6 Å². The van der Waals surface area contributed by atoms with E-state index in [1.54, 1.807) is 0 Å². The summed E-state index contributed by atoms with van der Waals surface area (Å²) in [6, 6.07) is 3.06. The van der Waals surface area contributed by atoms with E-state index in [9.17, 15) is 9.59 Å². The van der Waals surface area contributed by atoms with Crippen LogP contribution in [0.1, 0.15) is 17.3 Å². The van der Waals surface area contributed by atoms with Crippen LogP contribution >= 0.6 is 27.5 Å². The summed E-state index contributed by atoms with van der Waals surface area (Å²) in [5, 5.41) is 2.75. The van der Waals surface area contributed by atoms with Crippen molar-refractivity contribution in [3.05, 3.63) is 22.8 Å². The van der Waals surface area contributed by atoms with Crippen molar-refractivity contribution in [3.8, 4) is 0 Å². The van der Waals surface area contributed by atoms with Crippen molar-refractivity contribution in [1.29, 1.82) is 0 Å². The SMILES string of the molecule is CC(=O)Nc1ccc(C(=O)CBr)c(Cl)n1. The number of hydrogen-bond acceptors (Lipinski definition) is 3. The molecule has 0 aliphatic heterocycles. The minimum atomic E-state index is -0.238. The molecule has 0 atom stereocenters. The molecule has 1 N–H and O–H groups in total. The van der Waals surface area contributed by atoms with E-state index >= 15 is 0 Å². The normalized spacial score (nSPS) is 9.80. The standard InChI is InChI=1S/C9H8BrClN2O2/c1-5(14)12-8-3-2-6(7(15)4-10)9(11)13-8/h2-3H,4H2,1H3,(H,12,13,14). The first-order valence-corrected chi connectivity index (χ1v) is 5.58. The van der Waals surface area contributed by atoms with Crippen molar-refractivity contribution in [2.24, 2.45) is 0 Å². The molecule has 6 heteroatoms. The number of nitrogens with one attached hydrogen (secondary N) is 1. The number of amides is 1. The lowest BCUT2D eigenvalue weighted by atomic mass is 10.2. The molecule has 0 saturated heterocycles. The predicted octanol–water partition coefficient (Wildman–Crippen LogP) is 2.27. The highest BCUT2D eigenvalue weighted by molar-refractivity contribution is 9.09. The summed E-state index contributed by atoms with van der Waals surface area (Å²) >= 11 is 8.82. The highest BCUT2D eigenvalue weighted by atomic mass is 79.9. The highest BCUT2D eigenvalue weighted by Gasteiger charge is 2.10. The second-order valence-electron chi connectivity index (χ2n) is 2.77. The summed E-state index contributed by atoms with van der Waals surface area (Å²) in [7, 11) is 0. The molecule has 0 unspecified atom stereocenters. The van der Waals surface area contributed by atoms with Crippen molar-refractivity contribution in [2.45, 2.75) is 6.92 Å². The van der Waals surface area contributed by atoms with Crippen LogP contribution in [0.3, 0.4) is 0 Å². The molecule has 15 heavy (non-hydrogen) atoms. The number of Topliss-reactive ketones (excluding diaryl/α,β-unsaturated/α-hetero) is 1. The van der Waals surface area contributed by atoms with Gasteiger partial charge >= 0.3 is 0 Å². The Labute approximate surface area is 100 Å². The minimum Gasteiger partial charge on any atom is -0.311 e. The summed E-state index contributed by atoms with van der Waals surface area (Å²) in [6.07, 6.45) is 0. The van der Waals surface area contributed by atoms with Crippen molar-refractivity contribution in [2.75, 3.05) is 10.6 Å². The number of carbonyl (C=O) groups is 2. The Morgan fingerprint density at radius 3 is 2.67 bits per heavy atom. The Morgan fingerprint density at radius 2 is 2.20 bits per heavy atom. The van der Waals surface area contributed by atoms with E-state index in [-0.39, 0.29) is 22.2 Å². The lowest BCUT2D eigenvalue weighted by Gasteiger charge is -2.04. The van der Waals surface area contributed by atoms with Crippen LogP contribution in [0.25, 0.3) is 0 Å². The smallest absolute Gasteiger partial charge is 0.222 e. The summed E-state index contributed by atoms with van der Waals surface area (Å²) in [5.41, 5.74) is 0.336. The molecule has 0 aliphatic carbocycles. The fraction of sp³-hybridized carbons (Fsp3) is 0.222. The maximum atomic E-state index is 11.3. The average molecular weight is 292 g/mol. The Balaban J connectivity index is 2.97. The number of anilines is 1. The predicted molar refractivity (Wildman–Crippen MR) is 61.7 cm³/mol. The van der Waals surface area contributed by atoms with Crippen molar-refractivity contribution in [3.63, 3.8) is 0 Å². The number of pyridine rings is 1. The topological polar surface area (TPSA) is 59.1 Å². The van der Waals surface area contributed by atoms with Gasteiger partial charge < -0.3 is 5.32 Å². The van der Waals surface area contributed by atoms with E-state index in [2.05, 4.69) is 26.2 Å². The van der Waals surface area contributed by atoms with Gasteiger partial charge in [-0.25, -0.2) is 4.98 Å². The first-order valence-electron chi connectivity index (χ1n) is 4.08. The zero-order chi connectivity index (χ0) is 11.4. The highest BCUT2D eigenvalue weighted by Crippen LogP contribution is 2.17. The number of alkyl halides is 1. The first-order chi connectivity index (χ1) is 7.04. The van der Waals surface area contributed by atoms with Gasteiger partial charge in [0.05, 0.1) is 10.9 Å². The van der Waals surface area contributed by atoms with Gasteiger partial charge in [-0.15, -0.1) is 0 Å². The molecule has 4 nitrogen and oxygen atoms in total. The molecular formula is C9H8BrClN2O2. The number of ketones is 1. The average Bonchev–Trinajstić information content (AvgIpc) is 2.16. The molecule has 0 aromatic carbocycles. The van der Waals surface area contributed by atoms with Crippen LogP contribution in [0, 0.1) is 0 Å². The van der Waals surface area contributed by atoms with Gasteiger partial charge in [-0.2, -0.15) is 0 Å². The third kappa shape index (κ3) is 3.28. The maximum Gasteiger partial charge on any atom is 0.222 e. The van der Waals surface area contributed by atoms with Crippen LogP contribution in [0.2, 0.25) is 5.15 Å². The van der Waals surface area contributed by atoms with E-state index in [0.29, 0.717) is 11.4 Å². The van der Waals surface area contributed by atoms with E-state index < -0.39 is 0 Å². The number of halogens is 2. The van der Waals surface area contributed by atoms with Gasteiger partial charge in [0.25, 0.3) is 0 Å². The van der Waals surface area contributed by atoms with Crippen molar-refractivity contribution >= 4 is 45.0 Å². The van der Waals surface area contributed by atoms with E-state index in [0.717, 1.165) is 0 Å². The molecule has 0 fully saturated rings. The lowest BCUT2D eigenvalue weighted by Crippen LogP contribution is -2.09.